The van der Waals surface area contributed by atoms with Gasteiger partial charge in [-0.1, -0.05) is 6.07 Å². The second-order valence-corrected chi connectivity index (χ2v) is 6.51. The first-order chi connectivity index (χ1) is 12.7. The summed E-state index contributed by atoms with van der Waals surface area (Å²) < 4.78 is 1.86. The summed E-state index contributed by atoms with van der Waals surface area (Å²) in [5, 5.41) is 6.61. The Labute approximate surface area is 150 Å². The van der Waals surface area contributed by atoms with Crippen LogP contribution in [0.2, 0.25) is 0 Å². The molecule has 0 fully saturated rings. The van der Waals surface area contributed by atoms with Gasteiger partial charge in [0.2, 0.25) is 0 Å². The van der Waals surface area contributed by atoms with Crippen LogP contribution >= 0.6 is 0 Å². The fraction of sp³-hybridized carbons (Fsp3) is 0.278. The quantitative estimate of drug-likeness (QED) is 0.781. The van der Waals surface area contributed by atoms with Gasteiger partial charge >= 0.3 is 0 Å². The summed E-state index contributed by atoms with van der Waals surface area (Å²) >= 11 is 0. The predicted molar refractivity (Wildman–Crippen MR) is 97.0 cm³/mol. The molecular weight excluding hydrogens is 328 g/mol. The summed E-state index contributed by atoms with van der Waals surface area (Å²) in [4.78, 5) is 18.2. The molecule has 0 aliphatic carbocycles. The Morgan fingerprint density at radius 2 is 2.12 bits per heavy atom. The van der Waals surface area contributed by atoms with E-state index in [9.17, 15) is 0 Å². The molecule has 2 aliphatic heterocycles. The summed E-state index contributed by atoms with van der Waals surface area (Å²) in [7, 11) is 0. The lowest BCUT2D eigenvalue weighted by molar-refractivity contribution is 0.276. The minimum atomic E-state index is -0.0542. The summed E-state index contributed by atoms with van der Waals surface area (Å²) in [6.45, 7) is 3.93. The van der Waals surface area contributed by atoms with E-state index >= 15 is 0 Å². The summed E-state index contributed by atoms with van der Waals surface area (Å²) in [5.41, 5.74) is 8.13. The molecule has 130 valence electrons. The molecule has 0 bridgehead atoms. The number of fused-ring (bicyclic) bond motifs is 4. The molecule has 8 heteroatoms. The molecule has 5 rings (SSSR count). The van der Waals surface area contributed by atoms with Crippen molar-refractivity contribution in [1.29, 1.82) is 0 Å². The highest BCUT2D eigenvalue weighted by atomic mass is 15.6. The van der Waals surface area contributed by atoms with Gasteiger partial charge < -0.3 is 0 Å². The van der Waals surface area contributed by atoms with E-state index in [0.717, 1.165) is 52.8 Å². The number of rotatable bonds is 3. The lowest BCUT2D eigenvalue weighted by atomic mass is 10.1. The molecule has 0 radical (unpaired) electrons. The van der Waals surface area contributed by atoms with Crippen molar-refractivity contribution < 1.29 is 0 Å². The van der Waals surface area contributed by atoms with Crippen molar-refractivity contribution >= 4 is 17.6 Å². The number of aryl methyl sites for hydroxylation is 3. The standard InChI is InChI=1S/C18H18N8/c1-11-10-20-12(2)17-21-16(24-26(11)17)6-5-15-22-18-13-4-3-8-19-14(13)7-9-25(18)23-15/h3-4,7-10,18H,5-6H2,1-2H3,(H,22,23). The maximum absolute atomic E-state index is 4.82. The number of pyridine rings is 1. The first kappa shape index (κ1) is 15.0. The number of hydrogen-bond donors (Lipinski definition) is 1. The van der Waals surface area contributed by atoms with Crippen LogP contribution in [0.3, 0.4) is 0 Å². The molecular formula is C18H18N8. The molecule has 2 aliphatic rings. The zero-order valence-electron chi connectivity index (χ0n) is 14.6. The number of hydrazine groups is 1. The third-order valence-electron chi connectivity index (χ3n) is 4.68. The van der Waals surface area contributed by atoms with Gasteiger partial charge in [0.05, 0.1) is 17.1 Å². The first-order valence-corrected chi connectivity index (χ1v) is 8.62. The zero-order valence-corrected chi connectivity index (χ0v) is 14.6. The Hall–Kier alpha value is -3.29. The van der Waals surface area contributed by atoms with Crippen LogP contribution in [-0.2, 0) is 6.42 Å². The number of nitrogens with zero attached hydrogens (tertiary/aromatic N) is 7. The van der Waals surface area contributed by atoms with Crippen molar-refractivity contribution in [3.05, 3.63) is 59.2 Å². The van der Waals surface area contributed by atoms with Crippen LogP contribution < -0.4 is 5.43 Å². The molecule has 1 atom stereocenters. The molecule has 8 nitrogen and oxygen atoms in total. The number of aliphatic imine (C=N–C) groups is 1. The van der Waals surface area contributed by atoms with E-state index in [0.29, 0.717) is 0 Å². The molecule has 1 N–H and O–H groups in total. The SMILES string of the molecule is Cc1ncc(C)n2nc(CCC3=NC4c5cccnc5C=CN4N3)nc12. The Morgan fingerprint density at radius 3 is 3.00 bits per heavy atom. The molecule has 1 unspecified atom stereocenters. The Kier molecular flexibility index (Phi) is 3.24. The van der Waals surface area contributed by atoms with Gasteiger partial charge in [-0.05, 0) is 26.0 Å². The number of amidine groups is 1. The molecule has 0 aromatic carbocycles. The van der Waals surface area contributed by atoms with Crippen LogP contribution in [0, 0.1) is 13.8 Å². The van der Waals surface area contributed by atoms with Crippen LogP contribution in [0.4, 0.5) is 0 Å². The second-order valence-electron chi connectivity index (χ2n) is 6.51. The van der Waals surface area contributed by atoms with Crippen molar-refractivity contribution in [1.82, 2.24) is 35.0 Å². The molecule has 0 amide bonds. The van der Waals surface area contributed by atoms with Crippen molar-refractivity contribution in [3.63, 3.8) is 0 Å². The fourth-order valence-corrected chi connectivity index (χ4v) is 3.32. The van der Waals surface area contributed by atoms with Crippen LogP contribution in [0.15, 0.2) is 35.7 Å². The Morgan fingerprint density at radius 1 is 1.19 bits per heavy atom. The van der Waals surface area contributed by atoms with Crippen molar-refractivity contribution in [3.8, 4) is 0 Å². The maximum atomic E-state index is 4.82. The average Bonchev–Trinajstić information content (AvgIpc) is 3.28. The topological polar surface area (TPSA) is 83.6 Å². The number of hydrogen-bond acceptors (Lipinski definition) is 7. The number of nitrogens with one attached hydrogen (secondary N) is 1. The lowest BCUT2D eigenvalue weighted by Gasteiger charge is -2.25. The highest BCUT2D eigenvalue weighted by Crippen LogP contribution is 2.31. The molecule has 3 aromatic rings. The first-order valence-electron chi connectivity index (χ1n) is 8.62. The van der Waals surface area contributed by atoms with E-state index in [1.807, 2.05) is 47.9 Å². The largest absolute Gasteiger partial charge is 0.284 e. The van der Waals surface area contributed by atoms with Gasteiger partial charge in [-0.15, -0.1) is 0 Å². The van der Waals surface area contributed by atoms with Crippen LogP contribution in [0.25, 0.3) is 11.7 Å². The smallest absolute Gasteiger partial charge is 0.177 e. The zero-order chi connectivity index (χ0) is 17.7. The van der Waals surface area contributed by atoms with Crippen molar-refractivity contribution in [2.45, 2.75) is 32.9 Å². The van der Waals surface area contributed by atoms with Gasteiger partial charge in [0.1, 0.15) is 5.84 Å². The van der Waals surface area contributed by atoms with E-state index in [4.69, 9.17) is 4.99 Å². The monoisotopic (exact) mass is 346 g/mol. The second kappa shape index (κ2) is 5.62. The van der Waals surface area contributed by atoms with Crippen LogP contribution in [0.5, 0.6) is 0 Å². The minimum absolute atomic E-state index is 0.0542. The Bertz CT molecular complexity index is 1030. The van der Waals surface area contributed by atoms with Gasteiger partial charge in [-0.3, -0.25) is 20.4 Å². The average molecular weight is 346 g/mol. The van der Waals surface area contributed by atoms with E-state index in [-0.39, 0.29) is 6.17 Å². The third-order valence-corrected chi connectivity index (χ3v) is 4.68. The van der Waals surface area contributed by atoms with Crippen LogP contribution in [0.1, 0.15) is 41.1 Å². The highest BCUT2D eigenvalue weighted by molar-refractivity contribution is 5.84. The third kappa shape index (κ3) is 2.33. The molecule has 3 aromatic heterocycles. The number of aromatic nitrogens is 5. The summed E-state index contributed by atoms with van der Waals surface area (Å²) in [6, 6.07) is 4.02. The van der Waals surface area contributed by atoms with Crippen LogP contribution in [-0.4, -0.2) is 35.4 Å². The highest BCUT2D eigenvalue weighted by Gasteiger charge is 2.29. The van der Waals surface area contributed by atoms with Gasteiger partial charge in [0, 0.05) is 37.0 Å². The normalized spacial score (nSPS) is 17.8. The molecule has 0 saturated heterocycles. The van der Waals surface area contributed by atoms with Gasteiger partial charge in [0.15, 0.2) is 17.6 Å². The van der Waals surface area contributed by atoms with Crippen molar-refractivity contribution in [2.75, 3.05) is 0 Å². The van der Waals surface area contributed by atoms with E-state index in [1.54, 1.807) is 6.20 Å². The molecule has 0 saturated carbocycles. The summed E-state index contributed by atoms with van der Waals surface area (Å²) in [5.74, 6) is 1.73. The molecule has 5 heterocycles. The van der Waals surface area contributed by atoms with E-state index in [2.05, 4.69) is 31.5 Å². The van der Waals surface area contributed by atoms with E-state index < -0.39 is 0 Å². The maximum Gasteiger partial charge on any atom is 0.177 e. The van der Waals surface area contributed by atoms with E-state index in [1.165, 1.54) is 0 Å². The fourth-order valence-electron chi connectivity index (χ4n) is 3.32. The molecule has 26 heavy (non-hydrogen) atoms. The van der Waals surface area contributed by atoms with Crippen molar-refractivity contribution in [2.24, 2.45) is 4.99 Å². The minimum Gasteiger partial charge on any atom is -0.284 e. The Balaban J connectivity index is 1.36. The predicted octanol–water partition coefficient (Wildman–Crippen LogP) is 1.97. The van der Waals surface area contributed by atoms with Gasteiger partial charge in [0.25, 0.3) is 0 Å². The lowest BCUT2D eigenvalue weighted by Crippen LogP contribution is -2.34. The molecule has 0 spiro atoms. The van der Waals surface area contributed by atoms with Gasteiger partial charge in [-0.25, -0.2) is 14.5 Å². The van der Waals surface area contributed by atoms with Gasteiger partial charge in [-0.2, -0.15) is 5.10 Å². The summed E-state index contributed by atoms with van der Waals surface area (Å²) in [6.07, 6.45) is 9.02.